The highest BCUT2D eigenvalue weighted by molar-refractivity contribution is 5.99. The first kappa shape index (κ1) is 14.5. The molecule has 0 aromatic heterocycles. The maximum atomic E-state index is 13.0. The van der Waals surface area contributed by atoms with E-state index in [0.29, 0.717) is 6.61 Å². The maximum Gasteiger partial charge on any atom is 0.244 e. The summed E-state index contributed by atoms with van der Waals surface area (Å²) in [5, 5.41) is 0. The van der Waals surface area contributed by atoms with Crippen LogP contribution in [0.4, 0.5) is 5.69 Å². The van der Waals surface area contributed by atoms with Crippen LogP contribution in [0, 0.1) is 0 Å². The van der Waals surface area contributed by atoms with Gasteiger partial charge >= 0.3 is 0 Å². The van der Waals surface area contributed by atoms with Crippen LogP contribution in [-0.4, -0.2) is 48.7 Å². The van der Waals surface area contributed by atoms with E-state index in [0.717, 1.165) is 25.2 Å². The van der Waals surface area contributed by atoms with Gasteiger partial charge in [-0.3, -0.25) is 9.69 Å². The van der Waals surface area contributed by atoms with Crippen molar-refractivity contribution in [1.29, 1.82) is 0 Å². The molecule has 3 atom stereocenters. The van der Waals surface area contributed by atoms with Gasteiger partial charge in [-0.1, -0.05) is 18.2 Å². The molecule has 3 rings (SSSR count). The van der Waals surface area contributed by atoms with Crippen molar-refractivity contribution in [3.63, 3.8) is 0 Å². The van der Waals surface area contributed by atoms with Crippen molar-refractivity contribution in [3.8, 4) is 0 Å². The standard InChI is InChI=1S/C17H24N2O2/c1-12-10-15-6-4-5-7-16(15)19(12)17(20)14(3)18-8-9-21-13(2)11-18/h4-7,12-14H,8-11H2,1-3H3/t12-,13-,14+/m1/s1. The number of amides is 1. The Balaban J connectivity index is 1.78. The summed E-state index contributed by atoms with van der Waals surface area (Å²) in [5.41, 5.74) is 2.36. The fourth-order valence-electron chi connectivity index (χ4n) is 3.46. The largest absolute Gasteiger partial charge is 0.376 e. The Labute approximate surface area is 126 Å². The zero-order chi connectivity index (χ0) is 15.0. The van der Waals surface area contributed by atoms with Gasteiger partial charge < -0.3 is 9.64 Å². The molecule has 114 valence electrons. The van der Waals surface area contributed by atoms with Gasteiger partial charge in [0.05, 0.1) is 18.8 Å². The molecule has 0 N–H and O–H groups in total. The van der Waals surface area contributed by atoms with Crippen LogP contribution in [0.25, 0.3) is 0 Å². The van der Waals surface area contributed by atoms with E-state index in [2.05, 4.69) is 30.9 Å². The van der Waals surface area contributed by atoms with E-state index < -0.39 is 0 Å². The van der Waals surface area contributed by atoms with Gasteiger partial charge in [-0.2, -0.15) is 0 Å². The molecule has 0 aliphatic carbocycles. The summed E-state index contributed by atoms with van der Waals surface area (Å²) in [6.45, 7) is 8.60. The molecule has 1 saturated heterocycles. The Morgan fingerprint density at radius 3 is 2.86 bits per heavy atom. The maximum absolute atomic E-state index is 13.0. The smallest absolute Gasteiger partial charge is 0.244 e. The first-order valence-corrected chi connectivity index (χ1v) is 7.84. The fraction of sp³-hybridized carbons (Fsp3) is 0.588. The third kappa shape index (κ3) is 2.70. The molecule has 4 heteroatoms. The van der Waals surface area contributed by atoms with Crippen molar-refractivity contribution in [3.05, 3.63) is 29.8 Å². The molecular weight excluding hydrogens is 264 g/mol. The normalized spacial score (nSPS) is 27.5. The summed E-state index contributed by atoms with van der Waals surface area (Å²) < 4.78 is 5.57. The van der Waals surface area contributed by atoms with E-state index in [4.69, 9.17) is 4.74 Å². The lowest BCUT2D eigenvalue weighted by atomic mass is 10.1. The van der Waals surface area contributed by atoms with E-state index >= 15 is 0 Å². The number of ether oxygens (including phenoxy) is 1. The van der Waals surface area contributed by atoms with Crippen LogP contribution in [0.5, 0.6) is 0 Å². The van der Waals surface area contributed by atoms with Crippen LogP contribution in [0.2, 0.25) is 0 Å². The fourth-order valence-corrected chi connectivity index (χ4v) is 3.46. The topological polar surface area (TPSA) is 32.8 Å². The monoisotopic (exact) mass is 288 g/mol. The molecule has 2 aliphatic heterocycles. The highest BCUT2D eigenvalue weighted by Crippen LogP contribution is 2.32. The molecule has 4 nitrogen and oxygen atoms in total. The third-order valence-corrected chi connectivity index (χ3v) is 4.62. The Kier molecular flexibility index (Phi) is 4.00. The summed E-state index contributed by atoms with van der Waals surface area (Å²) in [6.07, 6.45) is 1.16. The van der Waals surface area contributed by atoms with Crippen molar-refractivity contribution >= 4 is 11.6 Å². The Morgan fingerprint density at radius 1 is 1.33 bits per heavy atom. The molecule has 1 amide bonds. The number of anilines is 1. The zero-order valence-electron chi connectivity index (χ0n) is 13.1. The number of carbonyl (C=O) groups excluding carboxylic acids is 1. The number of carbonyl (C=O) groups is 1. The minimum absolute atomic E-state index is 0.0926. The SMILES string of the molecule is C[C@@H]1CN([C@@H](C)C(=O)N2c3ccccc3C[C@H]2C)CCO1. The van der Waals surface area contributed by atoms with Crippen LogP contribution in [0.1, 0.15) is 26.3 Å². The van der Waals surface area contributed by atoms with Gasteiger partial charge in [0, 0.05) is 24.8 Å². The van der Waals surface area contributed by atoms with E-state index in [1.165, 1.54) is 5.56 Å². The second kappa shape index (κ2) is 5.78. The van der Waals surface area contributed by atoms with Gasteiger partial charge in [-0.15, -0.1) is 0 Å². The third-order valence-electron chi connectivity index (χ3n) is 4.62. The summed E-state index contributed by atoms with van der Waals surface area (Å²) in [7, 11) is 0. The minimum Gasteiger partial charge on any atom is -0.376 e. The molecular formula is C17H24N2O2. The van der Waals surface area contributed by atoms with Gasteiger partial charge in [0.1, 0.15) is 0 Å². The van der Waals surface area contributed by atoms with Gasteiger partial charge in [0.2, 0.25) is 5.91 Å². The van der Waals surface area contributed by atoms with Crippen molar-refractivity contribution in [1.82, 2.24) is 4.90 Å². The average Bonchev–Trinajstić information content (AvgIpc) is 2.81. The lowest BCUT2D eigenvalue weighted by molar-refractivity contribution is -0.126. The van der Waals surface area contributed by atoms with Gasteiger partial charge in [0.15, 0.2) is 0 Å². The van der Waals surface area contributed by atoms with Crippen LogP contribution >= 0.6 is 0 Å². The Hall–Kier alpha value is -1.39. The zero-order valence-corrected chi connectivity index (χ0v) is 13.1. The predicted molar refractivity (Wildman–Crippen MR) is 83.5 cm³/mol. The molecule has 2 aliphatic rings. The van der Waals surface area contributed by atoms with E-state index in [-0.39, 0.29) is 24.1 Å². The highest BCUT2D eigenvalue weighted by Gasteiger charge is 2.35. The van der Waals surface area contributed by atoms with Crippen molar-refractivity contribution in [2.24, 2.45) is 0 Å². The van der Waals surface area contributed by atoms with E-state index in [1.54, 1.807) is 0 Å². The number of hydrogen-bond donors (Lipinski definition) is 0. The molecule has 0 bridgehead atoms. The second-order valence-corrected chi connectivity index (χ2v) is 6.24. The van der Waals surface area contributed by atoms with Crippen LogP contribution < -0.4 is 4.90 Å². The lowest BCUT2D eigenvalue weighted by Crippen LogP contribution is -2.53. The summed E-state index contributed by atoms with van der Waals surface area (Å²) in [5.74, 6) is 0.210. The minimum atomic E-state index is -0.0926. The summed E-state index contributed by atoms with van der Waals surface area (Å²) in [4.78, 5) is 17.2. The number of benzene rings is 1. The average molecular weight is 288 g/mol. The van der Waals surface area contributed by atoms with Crippen molar-refractivity contribution in [2.45, 2.75) is 45.4 Å². The molecule has 0 unspecified atom stereocenters. The first-order chi connectivity index (χ1) is 10.1. The van der Waals surface area contributed by atoms with Gasteiger partial charge in [0.25, 0.3) is 0 Å². The molecule has 0 spiro atoms. The number of nitrogens with zero attached hydrogens (tertiary/aromatic N) is 2. The Bertz CT molecular complexity index is 531. The van der Waals surface area contributed by atoms with Crippen LogP contribution in [0.15, 0.2) is 24.3 Å². The predicted octanol–water partition coefficient (Wildman–Crippen LogP) is 2.07. The number of hydrogen-bond acceptors (Lipinski definition) is 3. The Morgan fingerprint density at radius 2 is 2.10 bits per heavy atom. The molecule has 0 saturated carbocycles. The molecule has 1 aromatic rings. The molecule has 2 heterocycles. The van der Waals surface area contributed by atoms with Crippen LogP contribution in [-0.2, 0) is 16.0 Å². The second-order valence-electron chi connectivity index (χ2n) is 6.24. The lowest BCUT2D eigenvalue weighted by Gasteiger charge is -2.37. The van der Waals surface area contributed by atoms with Gasteiger partial charge in [-0.05, 0) is 38.8 Å². The molecule has 21 heavy (non-hydrogen) atoms. The molecule has 0 radical (unpaired) electrons. The van der Waals surface area contributed by atoms with Gasteiger partial charge in [-0.25, -0.2) is 0 Å². The van der Waals surface area contributed by atoms with Crippen molar-refractivity contribution < 1.29 is 9.53 Å². The van der Waals surface area contributed by atoms with Crippen molar-refractivity contribution in [2.75, 3.05) is 24.6 Å². The number of rotatable bonds is 2. The first-order valence-electron chi connectivity index (χ1n) is 7.84. The highest BCUT2D eigenvalue weighted by atomic mass is 16.5. The quantitative estimate of drug-likeness (QED) is 0.835. The van der Waals surface area contributed by atoms with E-state index in [9.17, 15) is 4.79 Å². The summed E-state index contributed by atoms with van der Waals surface area (Å²) >= 11 is 0. The summed E-state index contributed by atoms with van der Waals surface area (Å²) in [6, 6.07) is 8.40. The number of morpholine rings is 1. The molecule has 1 aromatic carbocycles. The van der Waals surface area contributed by atoms with Crippen LogP contribution in [0.3, 0.4) is 0 Å². The number of fused-ring (bicyclic) bond motifs is 1. The molecule has 1 fully saturated rings. The number of para-hydroxylation sites is 1. The van der Waals surface area contributed by atoms with E-state index in [1.807, 2.05) is 24.0 Å².